The van der Waals surface area contributed by atoms with Crippen LogP contribution in [-0.4, -0.2) is 183 Å². The minimum Gasteiger partial charge on any atom is -0.382 e. The van der Waals surface area contributed by atoms with Gasteiger partial charge >= 0.3 is 0 Å². The van der Waals surface area contributed by atoms with E-state index in [2.05, 4.69) is 41.1 Å². The standard InChI is InChI=1S/C56H71N11O12/c1-36(2)67-47-32-40(31-42(44(47)35-61-67)52(70)60-34-43-37(3)30-38(4)62-53(43)71)39-8-10-48(59-33-39)65-18-16-64(17-19-65)15-12-49(68)58-14-21-76-23-25-78-27-29-79-28-26-77-24-22-75-20-13-57-45-7-5-6-41-51(45)56(74)66(55(41)73)46-9-11-50(69)63-54(46)72/h5-8,10,30-33,35-36,46,57H,9,11-29,34H2,1-4H3,(H,58,68)(H,60,70)(H,62,71)(H,63,69,72). The summed E-state index contributed by atoms with van der Waals surface area (Å²) in [6.07, 6.45) is 4.09. The van der Waals surface area contributed by atoms with Crippen LogP contribution in [0, 0.1) is 13.8 Å². The molecule has 3 aromatic heterocycles. The molecule has 5 aromatic rings. The van der Waals surface area contributed by atoms with E-state index >= 15 is 0 Å². The van der Waals surface area contributed by atoms with E-state index in [0.717, 1.165) is 70.2 Å². The molecule has 3 aliphatic rings. The van der Waals surface area contributed by atoms with Crippen LogP contribution in [-0.2, 0) is 44.6 Å². The van der Waals surface area contributed by atoms with E-state index in [9.17, 15) is 33.6 Å². The largest absolute Gasteiger partial charge is 0.382 e. The number of rotatable bonds is 29. The number of anilines is 2. The van der Waals surface area contributed by atoms with E-state index in [1.54, 1.807) is 24.4 Å². The summed E-state index contributed by atoms with van der Waals surface area (Å²) in [4.78, 5) is 102. The number of carbonyl (C=O) groups is 6. The predicted molar refractivity (Wildman–Crippen MR) is 293 cm³/mol. The summed E-state index contributed by atoms with van der Waals surface area (Å²) >= 11 is 0. The Morgan fingerprint density at radius 1 is 0.759 bits per heavy atom. The van der Waals surface area contributed by atoms with Crippen LogP contribution in [0.25, 0.3) is 22.0 Å². The number of nitrogens with one attached hydrogen (secondary N) is 5. The minimum absolute atomic E-state index is 0.0251. The molecular weight excluding hydrogens is 1020 g/mol. The number of pyridine rings is 2. The molecule has 23 heteroatoms. The molecule has 6 amide bonds. The molecule has 8 rings (SSSR count). The van der Waals surface area contributed by atoms with Crippen LogP contribution in [0.15, 0.2) is 65.7 Å². The first-order valence-corrected chi connectivity index (χ1v) is 26.9. The Labute approximate surface area is 458 Å². The van der Waals surface area contributed by atoms with E-state index in [1.807, 2.05) is 68.9 Å². The highest BCUT2D eigenvalue weighted by atomic mass is 16.6. The fraction of sp³-hybridized carbons (Fsp3) is 0.482. The summed E-state index contributed by atoms with van der Waals surface area (Å²) in [6.45, 7) is 16.2. The summed E-state index contributed by atoms with van der Waals surface area (Å²) < 4.78 is 29.8. The van der Waals surface area contributed by atoms with Crippen molar-refractivity contribution in [3.8, 4) is 11.1 Å². The number of aromatic nitrogens is 4. The highest BCUT2D eigenvalue weighted by Crippen LogP contribution is 2.33. The Bertz CT molecular complexity index is 3030. The van der Waals surface area contributed by atoms with Crippen LogP contribution in [0.5, 0.6) is 0 Å². The normalized spacial score (nSPS) is 15.8. The molecule has 1 unspecified atom stereocenters. The topological polar surface area (TPSA) is 270 Å². The maximum absolute atomic E-state index is 13.7. The van der Waals surface area contributed by atoms with Gasteiger partial charge in [0.15, 0.2) is 0 Å². The van der Waals surface area contributed by atoms with E-state index < -0.39 is 29.7 Å². The number of fused-ring (bicyclic) bond motifs is 2. The number of carbonyl (C=O) groups excluding carboxylic acids is 6. The van der Waals surface area contributed by atoms with Crippen molar-refractivity contribution in [2.45, 2.75) is 65.6 Å². The number of aryl methyl sites for hydroxylation is 2. The molecular formula is C56H71N11O12. The maximum Gasteiger partial charge on any atom is 0.264 e. The van der Waals surface area contributed by atoms with Gasteiger partial charge < -0.3 is 49.5 Å². The van der Waals surface area contributed by atoms with Crippen molar-refractivity contribution in [1.29, 1.82) is 0 Å². The van der Waals surface area contributed by atoms with Gasteiger partial charge in [-0.3, -0.25) is 53.4 Å². The molecule has 0 spiro atoms. The van der Waals surface area contributed by atoms with E-state index in [-0.39, 0.29) is 53.9 Å². The fourth-order valence-corrected chi connectivity index (χ4v) is 9.73. The lowest BCUT2D eigenvalue weighted by molar-refractivity contribution is -0.136. The van der Waals surface area contributed by atoms with Gasteiger partial charge in [0.2, 0.25) is 17.7 Å². The molecule has 79 heavy (non-hydrogen) atoms. The van der Waals surface area contributed by atoms with Gasteiger partial charge in [-0.1, -0.05) is 6.07 Å². The second kappa shape index (κ2) is 28.0. The Morgan fingerprint density at radius 3 is 2.09 bits per heavy atom. The zero-order valence-electron chi connectivity index (χ0n) is 45.4. The van der Waals surface area contributed by atoms with Crippen LogP contribution in [0.3, 0.4) is 0 Å². The van der Waals surface area contributed by atoms with Gasteiger partial charge in [-0.2, -0.15) is 5.10 Å². The van der Waals surface area contributed by atoms with Crippen molar-refractivity contribution in [1.82, 2.24) is 45.5 Å². The molecule has 2 saturated heterocycles. The van der Waals surface area contributed by atoms with Crippen molar-refractivity contribution in [2.24, 2.45) is 0 Å². The lowest BCUT2D eigenvalue weighted by Gasteiger charge is -2.35. The van der Waals surface area contributed by atoms with Crippen molar-refractivity contribution in [3.63, 3.8) is 0 Å². The van der Waals surface area contributed by atoms with Gasteiger partial charge in [0.25, 0.3) is 23.3 Å². The number of piperidine rings is 1. The maximum atomic E-state index is 13.7. The average molecular weight is 1090 g/mol. The lowest BCUT2D eigenvalue weighted by atomic mass is 10.0. The summed E-state index contributed by atoms with van der Waals surface area (Å²) in [5.74, 6) is -1.67. The number of H-pyrrole nitrogens is 1. The van der Waals surface area contributed by atoms with Crippen LogP contribution in [0.1, 0.15) is 87.0 Å². The van der Waals surface area contributed by atoms with E-state index in [1.165, 1.54) is 0 Å². The number of amides is 6. The molecule has 0 bridgehead atoms. The highest BCUT2D eigenvalue weighted by molar-refractivity contribution is 6.25. The number of ether oxygens (including phenoxy) is 5. The molecule has 0 aliphatic carbocycles. The molecule has 5 N–H and O–H groups in total. The first-order valence-electron chi connectivity index (χ1n) is 26.9. The molecule has 0 radical (unpaired) electrons. The third-order valence-corrected chi connectivity index (χ3v) is 13.9. The van der Waals surface area contributed by atoms with Gasteiger partial charge in [0.05, 0.1) is 94.5 Å². The van der Waals surface area contributed by atoms with Gasteiger partial charge in [-0.15, -0.1) is 0 Å². The zero-order chi connectivity index (χ0) is 55.8. The van der Waals surface area contributed by atoms with Crippen LogP contribution >= 0.6 is 0 Å². The first-order chi connectivity index (χ1) is 38.3. The monoisotopic (exact) mass is 1090 g/mol. The molecule has 23 nitrogen and oxygen atoms in total. The smallest absolute Gasteiger partial charge is 0.264 e. The first kappa shape index (κ1) is 57.8. The predicted octanol–water partition coefficient (Wildman–Crippen LogP) is 3.14. The molecule has 0 saturated carbocycles. The SMILES string of the molecule is Cc1cc(C)c(CNC(=O)c2cc(-c3ccc(N4CCN(CCC(=O)NCCOCCOCCOCCOCCOCCNc5cccc6c5C(=O)N(C5CCC(=O)NC5=O)C6=O)CC4)nc3)cc3c2cnn3C(C)C)c(=O)[nH]1. The Kier molecular flexibility index (Phi) is 20.4. The number of imide groups is 2. The average Bonchev–Trinajstić information content (AvgIpc) is 4.23. The lowest BCUT2D eigenvalue weighted by Crippen LogP contribution is -2.54. The summed E-state index contributed by atoms with van der Waals surface area (Å²) in [7, 11) is 0. The summed E-state index contributed by atoms with van der Waals surface area (Å²) in [5.41, 5.74) is 5.75. The third-order valence-electron chi connectivity index (χ3n) is 13.9. The number of hydrogen-bond acceptors (Lipinski definition) is 17. The molecule has 6 heterocycles. The quantitative estimate of drug-likeness (QED) is 0.0340. The number of aromatic amines is 1. The van der Waals surface area contributed by atoms with Crippen molar-refractivity contribution in [3.05, 3.63) is 105 Å². The summed E-state index contributed by atoms with van der Waals surface area (Å²) in [6, 6.07) is 13.8. The molecule has 422 valence electrons. The summed E-state index contributed by atoms with van der Waals surface area (Å²) in [5, 5.41) is 16.6. The van der Waals surface area contributed by atoms with Crippen LogP contribution in [0.2, 0.25) is 0 Å². The van der Waals surface area contributed by atoms with Crippen molar-refractivity contribution >= 4 is 57.9 Å². The van der Waals surface area contributed by atoms with Gasteiger partial charge in [-0.05, 0) is 87.7 Å². The number of nitrogens with zero attached hydrogens (tertiary/aromatic N) is 6. The zero-order valence-corrected chi connectivity index (χ0v) is 45.4. The van der Waals surface area contributed by atoms with Crippen molar-refractivity contribution < 1.29 is 52.5 Å². The van der Waals surface area contributed by atoms with Gasteiger partial charge in [-0.25, -0.2) is 4.98 Å². The fourth-order valence-electron chi connectivity index (χ4n) is 9.73. The Hall–Kier alpha value is -7.41. The van der Waals surface area contributed by atoms with E-state index in [0.29, 0.717) is 109 Å². The van der Waals surface area contributed by atoms with Crippen LogP contribution < -0.4 is 31.7 Å². The van der Waals surface area contributed by atoms with Gasteiger partial charge in [0.1, 0.15) is 11.9 Å². The molecule has 2 aromatic carbocycles. The second-order valence-corrected chi connectivity index (χ2v) is 19.8. The molecule has 1 atom stereocenters. The third kappa shape index (κ3) is 15.0. The number of piperazine rings is 1. The Morgan fingerprint density at radius 2 is 1.44 bits per heavy atom. The molecule has 2 fully saturated rings. The Balaban J connectivity index is 0.623. The second-order valence-electron chi connectivity index (χ2n) is 19.8. The highest BCUT2D eigenvalue weighted by Gasteiger charge is 2.45. The number of benzene rings is 2. The minimum atomic E-state index is -1.03. The van der Waals surface area contributed by atoms with Crippen LogP contribution in [0.4, 0.5) is 11.5 Å². The number of hydrogen-bond donors (Lipinski definition) is 5. The van der Waals surface area contributed by atoms with Gasteiger partial charge in [0, 0.05) is 105 Å². The molecule has 3 aliphatic heterocycles. The van der Waals surface area contributed by atoms with Crippen molar-refractivity contribution in [2.75, 3.05) is 122 Å². The van der Waals surface area contributed by atoms with E-state index in [4.69, 9.17) is 28.7 Å².